The van der Waals surface area contributed by atoms with Gasteiger partial charge in [-0.2, -0.15) is 9.41 Å². The van der Waals surface area contributed by atoms with Gasteiger partial charge in [-0.05, 0) is 60.5 Å². The fourth-order valence-electron chi connectivity index (χ4n) is 3.18. The minimum Gasteiger partial charge on any atom is -0.493 e. The van der Waals surface area contributed by atoms with Crippen LogP contribution in [-0.2, 0) is 21.4 Å². The van der Waals surface area contributed by atoms with E-state index in [1.807, 2.05) is 25.1 Å². The molecule has 0 aliphatic heterocycles. The molecule has 0 unspecified atom stereocenters. The number of carbonyl (C=O) groups excluding carboxylic acids is 1. The van der Waals surface area contributed by atoms with Crippen LogP contribution in [-0.4, -0.2) is 45.1 Å². The third kappa shape index (κ3) is 7.38. The molecular weight excluding hydrogens is 534 g/mol. The lowest BCUT2D eigenvalue weighted by Gasteiger charge is -2.21. The number of nitrogens with one attached hydrogen (secondary N) is 1. The number of rotatable bonds is 11. The van der Waals surface area contributed by atoms with Crippen LogP contribution in [0, 0.1) is 0 Å². The second kappa shape index (κ2) is 12.5. The molecular formula is C25H26BrN3O5S. The zero-order valence-electron chi connectivity index (χ0n) is 19.3. The predicted octanol–water partition coefficient (Wildman–Crippen LogP) is 4.20. The monoisotopic (exact) mass is 559 g/mol. The minimum absolute atomic E-state index is 0.0342. The quantitative estimate of drug-likeness (QED) is 0.280. The second-order valence-corrected chi connectivity index (χ2v) is 10.2. The molecule has 3 aromatic carbocycles. The van der Waals surface area contributed by atoms with Gasteiger partial charge in [0.15, 0.2) is 11.5 Å². The van der Waals surface area contributed by atoms with Crippen molar-refractivity contribution in [1.82, 2.24) is 9.73 Å². The van der Waals surface area contributed by atoms with Gasteiger partial charge in [0.1, 0.15) is 0 Å². The fourth-order valence-corrected chi connectivity index (χ4v) is 4.83. The van der Waals surface area contributed by atoms with Gasteiger partial charge in [0, 0.05) is 11.0 Å². The summed E-state index contributed by atoms with van der Waals surface area (Å²) >= 11 is 3.31. The van der Waals surface area contributed by atoms with Crippen LogP contribution in [0.3, 0.4) is 0 Å². The van der Waals surface area contributed by atoms with E-state index in [2.05, 4.69) is 26.5 Å². The van der Waals surface area contributed by atoms with Gasteiger partial charge >= 0.3 is 0 Å². The SMILES string of the molecule is CCOc1ccc(/C=N\NC(=O)CN(Cc2ccccc2)S(=O)(=O)c2ccc(Br)cc2)cc1OC. The lowest BCUT2D eigenvalue weighted by molar-refractivity contribution is -0.121. The first-order valence-corrected chi connectivity index (χ1v) is 13.0. The van der Waals surface area contributed by atoms with Gasteiger partial charge in [0.25, 0.3) is 5.91 Å². The number of benzene rings is 3. The third-order valence-corrected chi connectivity index (χ3v) is 7.20. The molecule has 184 valence electrons. The number of methoxy groups -OCH3 is 1. The summed E-state index contributed by atoms with van der Waals surface area (Å²) in [7, 11) is -2.40. The number of nitrogens with zero attached hydrogens (tertiary/aromatic N) is 2. The van der Waals surface area contributed by atoms with Crippen molar-refractivity contribution in [1.29, 1.82) is 0 Å². The Balaban J connectivity index is 1.74. The summed E-state index contributed by atoms with van der Waals surface area (Å²) in [6, 6.07) is 20.6. The van der Waals surface area contributed by atoms with Crippen molar-refractivity contribution in [2.75, 3.05) is 20.3 Å². The molecule has 0 atom stereocenters. The maximum atomic E-state index is 13.3. The molecule has 0 bridgehead atoms. The van der Waals surface area contributed by atoms with E-state index in [0.29, 0.717) is 23.7 Å². The Morgan fingerprint density at radius 3 is 2.43 bits per heavy atom. The molecule has 1 amide bonds. The Morgan fingerprint density at radius 1 is 1.06 bits per heavy atom. The highest BCUT2D eigenvalue weighted by Gasteiger charge is 2.27. The van der Waals surface area contributed by atoms with Gasteiger partial charge in [-0.1, -0.05) is 46.3 Å². The highest BCUT2D eigenvalue weighted by atomic mass is 79.9. The van der Waals surface area contributed by atoms with E-state index in [1.165, 1.54) is 25.5 Å². The smallest absolute Gasteiger partial charge is 0.255 e. The Bertz CT molecular complexity index is 1270. The Hall–Kier alpha value is -3.21. The molecule has 0 aliphatic rings. The Morgan fingerprint density at radius 2 is 1.77 bits per heavy atom. The predicted molar refractivity (Wildman–Crippen MR) is 138 cm³/mol. The van der Waals surface area contributed by atoms with Crippen LogP contribution in [0.5, 0.6) is 11.5 Å². The second-order valence-electron chi connectivity index (χ2n) is 7.35. The van der Waals surface area contributed by atoms with Gasteiger partial charge in [-0.15, -0.1) is 0 Å². The average Bonchev–Trinajstić information content (AvgIpc) is 2.85. The van der Waals surface area contributed by atoms with Crippen molar-refractivity contribution >= 4 is 38.1 Å². The molecule has 3 rings (SSSR count). The highest BCUT2D eigenvalue weighted by Crippen LogP contribution is 2.27. The summed E-state index contributed by atoms with van der Waals surface area (Å²) < 4.78 is 39.3. The molecule has 35 heavy (non-hydrogen) atoms. The molecule has 8 nitrogen and oxygen atoms in total. The highest BCUT2D eigenvalue weighted by molar-refractivity contribution is 9.10. The van der Waals surface area contributed by atoms with Crippen molar-refractivity contribution in [3.8, 4) is 11.5 Å². The lowest BCUT2D eigenvalue weighted by Crippen LogP contribution is -2.39. The Kier molecular flexibility index (Phi) is 9.41. The number of halogens is 1. The normalized spacial score (nSPS) is 11.5. The van der Waals surface area contributed by atoms with E-state index in [9.17, 15) is 13.2 Å². The first-order valence-electron chi connectivity index (χ1n) is 10.8. The van der Waals surface area contributed by atoms with Gasteiger partial charge in [0.05, 0.1) is 31.4 Å². The molecule has 0 fully saturated rings. The fraction of sp³-hybridized carbons (Fsp3) is 0.200. The number of sulfonamides is 1. The molecule has 0 aromatic heterocycles. The molecule has 3 aromatic rings. The minimum atomic E-state index is -3.94. The van der Waals surface area contributed by atoms with Crippen LogP contribution >= 0.6 is 15.9 Å². The standard InChI is InChI=1S/C25H26BrN3O5S/c1-3-34-23-14-9-20(15-24(23)33-2)16-27-28-25(30)18-29(17-19-7-5-4-6-8-19)35(31,32)22-12-10-21(26)11-13-22/h4-16H,3,17-18H2,1-2H3,(H,28,30)/b27-16-. The van der Waals surface area contributed by atoms with E-state index in [1.54, 1.807) is 42.5 Å². The van der Waals surface area contributed by atoms with E-state index in [0.717, 1.165) is 14.3 Å². The topological polar surface area (TPSA) is 97.3 Å². The van der Waals surface area contributed by atoms with Crippen LogP contribution in [0.25, 0.3) is 0 Å². The maximum absolute atomic E-state index is 13.3. The first kappa shape index (κ1) is 26.4. The van der Waals surface area contributed by atoms with Gasteiger partial charge in [-0.3, -0.25) is 4.79 Å². The number of carbonyl (C=O) groups is 1. The van der Waals surface area contributed by atoms with Gasteiger partial charge in [-0.25, -0.2) is 13.8 Å². The van der Waals surface area contributed by atoms with Crippen LogP contribution < -0.4 is 14.9 Å². The summed E-state index contributed by atoms with van der Waals surface area (Å²) in [4.78, 5) is 12.7. The van der Waals surface area contributed by atoms with Crippen molar-refractivity contribution < 1.29 is 22.7 Å². The number of amides is 1. The molecule has 0 spiro atoms. The third-order valence-electron chi connectivity index (χ3n) is 4.86. The zero-order chi connectivity index (χ0) is 25.3. The summed E-state index contributed by atoms with van der Waals surface area (Å²) in [6.45, 7) is 2.01. The maximum Gasteiger partial charge on any atom is 0.255 e. The van der Waals surface area contributed by atoms with Crippen LogP contribution in [0.2, 0.25) is 0 Å². The molecule has 0 radical (unpaired) electrons. The van der Waals surface area contributed by atoms with E-state index >= 15 is 0 Å². The number of hydrogen-bond acceptors (Lipinski definition) is 6. The van der Waals surface area contributed by atoms with E-state index in [-0.39, 0.29) is 11.4 Å². The molecule has 0 saturated heterocycles. The van der Waals surface area contributed by atoms with Crippen molar-refractivity contribution in [2.45, 2.75) is 18.4 Å². The van der Waals surface area contributed by atoms with Gasteiger partial charge in [0.2, 0.25) is 10.0 Å². The molecule has 10 heteroatoms. The summed E-state index contributed by atoms with van der Waals surface area (Å²) in [5.74, 6) is 0.568. The summed E-state index contributed by atoms with van der Waals surface area (Å²) in [5.41, 5.74) is 3.83. The molecule has 0 aliphatic carbocycles. The van der Waals surface area contributed by atoms with Crippen LogP contribution in [0.1, 0.15) is 18.1 Å². The molecule has 1 N–H and O–H groups in total. The van der Waals surface area contributed by atoms with Gasteiger partial charge < -0.3 is 9.47 Å². The first-order chi connectivity index (χ1) is 16.8. The Labute approximate surface area is 213 Å². The average molecular weight is 560 g/mol. The van der Waals surface area contributed by atoms with Crippen LogP contribution in [0.4, 0.5) is 0 Å². The number of hydrazone groups is 1. The van der Waals surface area contributed by atoms with Crippen molar-refractivity contribution in [2.24, 2.45) is 5.10 Å². The number of hydrogen-bond donors (Lipinski definition) is 1. The van der Waals surface area contributed by atoms with E-state index in [4.69, 9.17) is 9.47 Å². The lowest BCUT2D eigenvalue weighted by atomic mass is 10.2. The van der Waals surface area contributed by atoms with Crippen molar-refractivity contribution in [3.63, 3.8) is 0 Å². The largest absolute Gasteiger partial charge is 0.493 e. The summed E-state index contributed by atoms with van der Waals surface area (Å²) in [6.07, 6.45) is 1.45. The van der Waals surface area contributed by atoms with E-state index < -0.39 is 22.5 Å². The molecule has 0 heterocycles. The van der Waals surface area contributed by atoms with Crippen LogP contribution in [0.15, 0.2) is 87.3 Å². The summed E-state index contributed by atoms with van der Waals surface area (Å²) in [5, 5.41) is 3.97. The zero-order valence-corrected chi connectivity index (χ0v) is 21.8. The van der Waals surface area contributed by atoms with Crippen molar-refractivity contribution in [3.05, 3.63) is 88.4 Å². The number of ether oxygens (including phenoxy) is 2. The molecule has 0 saturated carbocycles.